The molecule has 2 aromatic carbocycles. The number of ether oxygens (including phenoxy) is 1. The van der Waals surface area contributed by atoms with Gasteiger partial charge in [-0.3, -0.25) is 0 Å². The Morgan fingerprint density at radius 3 is 2.36 bits per heavy atom. The van der Waals surface area contributed by atoms with Crippen LogP contribution in [0, 0.1) is 0 Å². The average molecular weight is 327 g/mol. The number of likely N-dealkylation sites (N-methyl/N-ethyl adjacent to an activating group) is 1. The van der Waals surface area contributed by atoms with E-state index in [9.17, 15) is 13.2 Å². The topological polar surface area (TPSA) is 21.3 Å². The minimum atomic E-state index is -4.31. The third kappa shape index (κ3) is 4.68. The van der Waals surface area contributed by atoms with Gasteiger partial charge in [0.05, 0.1) is 10.5 Å². The molecular weight excluding hydrogens is 311 g/mol. The highest BCUT2D eigenvalue weighted by Gasteiger charge is 2.29. The summed E-state index contributed by atoms with van der Waals surface area (Å²) in [7, 11) is 1.84. The van der Waals surface area contributed by atoms with Crippen LogP contribution in [0.4, 0.5) is 13.2 Å². The molecule has 0 saturated heterocycles. The van der Waals surface area contributed by atoms with E-state index < -0.39 is 11.7 Å². The van der Waals surface area contributed by atoms with E-state index in [1.54, 1.807) is 0 Å². The highest BCUT2D eigenvalue weighted by molar-refractivity contribution is 7.99. The molecular formula is C16H16F3NOS. The van der Waals surface area contributed by atoms with Gasteiger partial charge in [-0.15, -0.1) is 0 Å². The summed E-state index contributed by atoms with van der Waals surface area (Å²) in [4.78, 5) is 1.61. The smallest absolute Gasteiger partial charge is 0.416 e. The van der Waals surface area contributed by atoms with Gasteiger partial charge in [0.2, 0.25) is 0 Å². The number of para-hydroxylation sites is 1. The molecule has 0 atom stereocenters. The minimum absolute atomic E-state index is 0.529. The summed E-state index contributed by atoms with van der Waals surface area (Å²) >= 11 is 1.38. The number of halogens is 3. The van der Waals surface area contributed by atoms with E-state index in [1.807, 2.05) is 31.3 Å². The zero-order valence-electron chi connectivity index (χ0n) is 12.0. The molecule has 0 saturated carbocycles. The molecule has 0 radical (unpaired) electrons. The summed E-state index contributed by atoms with van der Waals surface area (Å²) < 4.78 is 43.3. The van der Waals surface area contributed by atoms with Gasteiger partial charge in [0.25, 0.3) is 0 Å². The molecule has 0 aliphatic rings. The SMILES string of the molecule is CNCCOc1ccccc1Sc1ccc(C(F)(F)F)cc1. The molecule has 1 N–H and O–H groups in total. The van der Waals surface area contributed by atoms with E-state index in [0.29, 0.717) is 6.61 Å². The Bertz CT molecular complexity index is 599. The molecule has 0 aliphatic carbocycles. The zero-order valence-corrected chi connectivity index (χ0v) is 12.8. The van der Waals surface area contributed by atoms with Gasteiger partial charge in [-0.1, -0.05) is 23.9 Å². The highest BCUT2D eigenvalue weighted by atomic mass is 32.2. The van der Waals surface area contributed by atoms with Gasteiger partial charge in [0.15, 0.2) is 0 Å². The van der Waals surface area contributed by atoms with E-state index >= 15 is 0 Å². The highest BCUT2D eigenvalue weighted by Crippen LogP contribution is 2.36. The quantitative estimate of drug-likeness (QED) is 0.792. The number of hydrogen-bond acceptors (Lipinski definition) is 3. The maximum atomic E-state index is 12.6. The van der Waals surface area contributed by atoms with Crippen LogP contribution >= 0.6 is 11.8 Å². The van der Waals surface area contributed by atoms with Crippen molar-refractivity contribution in [3.8, 4) is 5.75 Å². The third-order valence-electron chi connectivity index (χ3n) is 2.87. The van der Waals surface area contributed by atoms with Crippen LogP contribution in [0.2, 0.25) is 0 Å². The van der Waals surface area contributed by atoms with Gasteiger partial charge in [-0.2, -0.15) is 13.2 Å². The Morgan fingerprint density at radius 1 is 1.05 bits per heavy atom. The predicted octanol–water partition coefficient (Wildman–Crippen LogP) is 4.45. The molecule has 0 bridgehead atoms. The Morgan fingerprint density at radius 2 is 1.73 bits per heavy atom. The minimum Gasteiger partial charge on any atom is -0.491 e. The molecule has 118 valence electrons. The second-order valence-corrected chi connectivity index (χ2v) is 5.64. The maximum Gasteiger partial charge on any atom is 0.416 e. The summed E-state index contributed by atoms with van der Waals surface area (Å²) in [5.41, 5.74) is -0.643. The zero-order chi connectivity index (χ0) is 16.0. The van der Waals surface area contributed by atoms with Crippen molar-refractivity contribution < 1.29 is 17.9 Å². The van der Waals surface area contributed by atoms with Crippen LogP contribution in [0.1, 0.15) is 5.56 Å². The van der Waals surface area contributed by atoms with E-state index in [2.05, 4.69) is 5.32 Å². The molecule has 0 fully saturated rings. The van der Waals surface area contributed by atoms with Gasteiger partial charge in [-0.05, 0) is 43.4 Å². The Labute approximate surface area is 131 Å². The average Bonchev–Trinajstić information content (AvgIpc) is 2.49. The fourth-order valence-electron chi connectivity index (χ4n) is 1.76. The van der Waals surface area contributed by atoms with Crippen molar-refractivity contribution in [3.05, 3.63) is 54.1 Å². The lowest BCUT2D eigenvalue weighted by Crippen LogP contribution is -2.16. The summed E-state index contributed by atoms with van der Waals surface area (Å²) in [6.45, 7) is 1.25. The molecule has 2 nitrogen and oxygen atoms in total. The molecule has 0 spiro atoms. The number of rotatable bonds is 6. The molecule has 0 aliphatic heterocycles. The van der Waals surface area contributed by atoms with E-state index in [-0.39, 0.29) is 0 Å². The molecule has 2 rings (SSSR count). The molecule has 22 heavy (non-hydrogen) atoms. The van der Waals surface area contributed by atoms with Gasteiger partial charge < -0.3 is 10.1 Å². The van der Waals surface area contributed by atoms with Gasteiger partial charge in [-0.25, -0.2) is 0 Å². The summed E-state index contributed by atoms with van der Waals surface area (Å²) in [6, 6.07) is 12.6. The first-order valence-electron chi connectivity index (χ1n) is 6.72. The lowest BCUT2D eigenvalue weighted by Gasteiger charge is -2.11. The van der Waals surface area contributed by atoms with Crippen LogP contribution in [0.25, 0.3) is 0 Å². The third-order valence-corrected chi connectivity index (χ3v) is 3.93. The van der Waals surface area contributed by atoms with E-state index in [0.717, 1.165) is 34.2 Å². The van der Waals surface area contributed by atoms with Crippen molar-refractivity contribution in [2.24, 2.45) is 0 Å². The summed E-state index contributed by atoms with van der Waals surface area (Å²) in [5, 5.41) is 2.99. The van der Waals surface area contributed by atoms with Crippen LogP contribution in [0.15, 0.2) is 58.3 Å². The van der Waals surface area contributed by atoms with Crippen molar-refractivity contribution in [1.82, 2.24) is 5.32 Å². The summed E-state index contributed by atoms with van der Waals surface area (Å²) in [6.07, 6.45) is -4.31. The van der Waals surface area contributed by atoms with Crippen molar-refractivity contribution in [3.63, 3.8) is 0 Å². The molecule has 0 unspecified atom stereocenters. The molecule has 2 aromatic rings. The van der Waals surface area contributed by atoms with E-state index in [4.69, 9.17) is 4.74 Å². The van der Waals surface area contributed by atoms with Crippen molar-refractivity contribution in [2.45, 2.75) is 16.0 Å². The van der Waals surface area contributed by atoms with Gasteiger partial charge in [0.1, 0.15) is 12.4 Å². The van der Waals surface area contributed by atoms with Crippen LogP contribution < -0.4 is 10.1 Å². The van der Waals surface area contributed by atoms with E-state index in [1.165, 1.54) is 23.9 Å². The van der Waals surface area contributed by atoms with Crippen LogP contribution in [-0.2, 0) is 6.18 Å². The fraction of sp³-hybridized carbons (Fsp3) is 0.250. The maximum absolute atomic E-state index is 12.6. The lowest BCUT2D eigenvalue weighted by molar-refractivity contribution is -0.137. The standard InChI is InChI=1S/C16H16F3NOS/c1-20-10-11-21-14-4-2-3-5-15(14)22-13-8-6-12(7-9-13)16(17,18)19/h2-9,20H,10-11H2,1H3. The fourth-order valence-corrected chi connectivity index (χ4v) is 2.66. The first-order valence-corrected chi connectivity index (χ1v) is 7.54. The van der Waals surface area contributed by atoms with Gasteiger partial charge in [0, 0.05) is 11.4 Å². The van der Waals surface area contributed by atoms with Crippen LogP contribution in [0.3, 0.4) is 0 Å². The monoisotopic (exact) mass is 327 g/mol. The first-order chi connectivity index (χ1) is 10.5. The molecule has 0 heterocycles. The summed E-state index contributed by atoms with van der Waals surface area (Å²) in [5.74, 6) is 0.725. The molecule has 0 amide bonds. The number of benzene rings is 2. The Balaban J connectivity index is 2.10. The predicted molar refractivity (Wildman–Crippen MR) is 81.4 cm³/mol. The normalized spacial score (nSPS) is 11.5. The first kappa shape index (κ1) is 16.7. The largest absolute Gasteiger partial charge is 0.491 e. The second kappa shape index (κ2) is 7.56. The lowest BCUT2D eigenvalue weighted by atomic mass is 10.2. The number of hydrogen-bond donors (Lipinski definition) is 1. The molecule has 6 heteroatoms. The number of alkyl halides is 3. The van der Waals surface area contributed by atoms with Gasteiger partial charge >= 0.3 is 6.18 Å². The van der Waals surface area contributed by atoms with Crippen LogP contribution in [0.5, 0.6) is 5.75 Å². The van der Waals surface area contributed by atoms with Crippen molar-refractivity contribution in [1.29, 1.82) is 0 Å². The van der Waals surface area contributed by atoms with Crippen molar-refractivity contribution in [2.75, 3.05) is 20.2 Å². The molecule has 0 aromatic heterocycles. The Kier molecular flexibility index (Phi) is 5.74. The number of nitrogens with one attached hydrogen (secondary N) is 1. The second-order valence-electron chi connectivity index (χ2n) is 4.52. The van der Waals surface area contributed by atoms with Crippen molar-refractivity contribution >= 4 is 11.8 Å². The van der Waals surface area contributed by atoms with Crippen LogP contribution in [-0.4, -0.2) is 20.2 Å². The Hall–Kier alpha value is -1.66.